The number of nitrogen functional groups attached to an aromatic ring is 1. The Bertz CT molecular complexity index is 803. The Morgan fingerprint density at radius 3 is 2.29 bits per heavy atom. The fraction of sp³-hybridized carbons (Fsp3) is 0.0714. The predicted molar refractivity (Wildman–Crippen MR) is 91.4 cm³/mol. The molecule has 2 heterocycles. The summed E-state index contributed by atoms with van der Waals surface area (Å²) in [7, 11) is 1.77. The van der Waals surface area contributed by atoms with Crippen molar-refractivity contribution < 1.29 is 0 Å². The Morgan fingerprint density at radius 2 is 1.71 bits per heavy atom. The number of nitrogens with two attached hydrogens (primary N) is 1. The average molecular weight is 359 g/mol. The van der Waals surface area contributed by atoms with Crippen molar-refractivity contribution in [3.05, 3.63) is 44.7 Å². The molecule has 0 aliphatic heterocycles. The van der Waals surface area contributed by atoms with Gasteiger partial charge in [-0.25, -0.2) is 0 Å². The minimum absolute atomic E-state index is 0.490. The Balaban J connectivity index is 2.36. The lowest BCUT2D eigenvalue weighted by Gasteiger charge is -2.08. The molecule has 0 radical (unpaired) electrons. The maximum atomic E-state index is 6.31. The van der Waals surface area contributed by atoms with E-state index in [0.717, 1.165) is 4.88 Å². The first-order valence-electron chi connectivity index (χ1n) is 6.01. The highest BCUT2D eigenvalue weighted by Crippen LogP contribution is 2.45. The van der Waals surface area contributed by atoms with Gasteiger partial charge in [0.1, 0.15) is 11.5 Å². The van der Waals surface area contributed by atoms with Gasteiger partial charge >= 0.3 is 0 Å². The monoisotopic (exact) mass is 357 g/mol. The van der Waals surface area contributed by atoms with Gasteiger partial charge in [-0.3, -0.25) is 4.68 Å². The second-order valence-electron chi connectivity index (χ2n) is 4.43. The van der Waals surface area contributed by atoms with Gasteiger partial charge in [-0.1, -0.05) is 40.9 Å². The van der Waals surface area contributed by atoms with Crippen molar-refractivity contribution in [1.29, 1.82) is 0 Å². The Hall–Kier alpha value is -1.20. The molecule has 3 aromatic rings. The molecule has 0 unspecified atom stereocenters. The molecule has 3 rings (SSSR count). The highest BCUT2D eigenvalue weighted by molar-refractivity contribution is 7.14. The molecule has 0 atom stereocenters. The number of halogens is 3. The highest BCUT2D eigenvalue weighted by Gasteiger charge is 2.23. The number of rotatable bonds is 2. The summed E-state index contributed by atoms with van der Waals surface area (Å²) in [6.45, 7) is 0. The summed E-state index contributed by atoms with van der Waals surface area (Å²) in [5, 5.41) is 8.05. The molecule has 2 aromatic heterocycles. The number of aromatic nitrogens is 2. The first kappa shape index (κ1) is 14.7. The summed E-state index contributed by atoms with van der Waals surface area (Å²) in [5.74, 6) is 0.490. The van der Waals surface area contributed by atoms with Crippen molar-refractivity contribution in [2.75, 3.05) is 5.73 Å². The van der Waals surface area contributed by atoms with Gasteiger partial charge in [0, 0.05) is 12.6 Å². The summed E-state index contributed by atoms with van der Waals surface area (Å²) in [5.41, 5.74) is 8.24. The van der Waals surface area contributed by atoms with Crippen LogP contribution in [0.5, 0.6) is 0 Å². The van der Waals surface area contributed by atoms with Crippen molar-refractivity contribution in [3.63, 3.8) is 0 Å². The third-order valence-corrected chi connectivity index (χ3v) is 5.11. The zero-order valence-electron chi connectivity index (χ0n) is 10.9. The van der Waals surface area contributed by atoms with Gasteiger partial charge in [-0.2, -0.15) is 5.10 Å². The van der Waals surface area contributed by atoms with Crippen molar-refractivity contribution in [3.8, 4) is 21.7 Å². The van der Waals surface area contributed by atoms with Crippen molar-refractivity contribution >= 4 is 52.0 Å². The van der Waals surface area contributed by atoms with E-state index in [9.17, 15) is 0 Å². The Kier molecular flexibility index (Phi) is 3.88. The molecule has 0 bridgehead atoms. The van der Waals surface area contributed by atoms with E-state index in [1.807, 2.05) is 11.4 Å². The molecule has 7 heteroatoms. The van der Waals surface area contributed by atoms with Crippen LogP contribution in [0.2, 0.25) is 15.1 Å². The van der Waals surface area contributed by atoms with Crippen LogP contribution in [0, 0.1) is 0 Å². The highest BCUT2D eigenvalue weighted by atomic mass is 35.5. The van der Waals surface area contributed by atoms with Gasteiger partial charge in [-0.15, -0.1) is 11.3 Å². The molecule has 21 heavy (non-hydrogen) atoms. The van der Waals surface area contributed by atoms with Crippen LogP contribution >= 0.6 is 46.1 Å². The van der Waals surface area contributed by atoms with Crippen LogP contribution in [0.1, 0.15) is 0 Å². The van der Waals surface area contributed by atoms with E-state index in [1.165, 1.54) is 11.3 Å². The Labute approximate surface area is 140 Å². The molecule has 3 nitrogen and oxygen atoms in total. The molecule has 0 fully saturated rings. The maximum Gasteiger partial charge on any atom is 0.130 e. The van der Waals surface area contributed by atoms with Crippen LogP contribution in [0.15, 0.2) is 29.6 Å². The number of hydrogen-bond acceptors (Lipinski definition) is 3. The van der Waals surface area contributed by atoms with Gasteiger partial charge in [0.05, 0.1) is 25.5 Å². The van der Waals surface area contributed by atoms with E-state index in [2.05, 4.69) is 5.10 Å². The lowest BCUT2D eigenvalue weighted by atomic mass is 10.0. The molecular weight excluding hydrogens is 349 g/mol. The van der Waals surface area contributed by atoms with Gasteiger partial charge in [-0.05, 0) is 23.6 Å². The van der Waals surface area contributed by atoms with Crippen LogP contribution in [-0.2, 0) is 7.05 Å². The van der Waals surface area contributed by atoms with E-state index in [1.54, 1.807) is 29.9 Å². The van der Waals surface area contributed by atoms with Crippen LogP contribution in [0.4, 0.5) is 5.82 Å². The lowest BCUT2D eigenvalue weighted by Crippen LogP contribution is -1.98. The fourth-order valence-corrected chi connectivity index (χ4v) is 3.86. The van der Waals surface area contributed by atoms with Crippen LogP contribution < -0.4 is 5.73 Å². The fourth-order valence-electron chi connectivity index (χ4n) is 2.14. The molecular formula is C14H10Cl3N3S. The molecule has 0 aliphatic carbocycles. The average Bonchev–Trinajstić information content (AvgIpc) is 2.96. The summed E-state index contributed by atoms with van der Waals surface area (Å²) >= 11 is 20.3. The second-order valence-corrected chi connectivity index (χ2v) is 6.56. The summed E-state index contributed by atoms with van der Waals surface area (Å²) in [6.07, 6.45) is 0. The minimum Gasteiger partial charge on any atom is -0.383 e. The summed E-state index contributed by atoms with van der Waals surface area (Å²) in [6, 6.07) is 7.16. The van der Waals surface area contributed by atoms with E-state index in [0.29, 0.717) is 37.7 Å². The van der Waals surface area contributed by atoms with Gasteiger partial charge in [0.2, 0.25) is 0 Å². The molecule has 0 amide bonds. The molecule has 0 saturated carbocycles. The minimum atomic E-state index is 0.490. The van der Waals surface area contributed by atoms with E-state index in [-0.39, 0.29) is 0 Å². The third kappa shape index (κ3) is 2.42. The van der Waals surface area contributed by atoms with Crippen molar-refractivity contribution in [1.82, 2.24) is 9.78 Å². The van der Waals surface area contributed by atoms with Gasteiger partial charge in [0.25, 0.3) is 0 Å². The quantitative estimate of drug-likeness (QED) is 0.670. The molecule has 0 aliphatic rings. The number of nitrogens with zero attached hydrogens (tertiary/aromatic N) is 2. The number of hydrogen-bond donors (Lipinski definition) is 1. The smallest absolute Gasteiger partial charge is 0.130 e. The van der Waals surface area contributed by atoms with E-state index < -0.39 is 0 Å². The lowest BCUT2D eigenvalue weighted by molar-refractivity contribution is 0.783. The van der Waals surface area contributed by atoms with Gasteiger partial charge in [0.15, 0.2) is 0 Å². The largest absolute Gasteiger partial charge is 0.383 e. The standard InChI is InChI=1S/C14H10Cl3N3S/c1-20-14(18)11(10-7(15)3-2-4-8(10)16)12(19-20)13-9(17)5-6-21-13/h2-6H,18H2,1H3. The molecule has 1 aromatic carbocycles. The predicted octanol–water partition coefficient (Wildman–Crippen LogP) is 5.36. The number of benzene rings is 1. The number of aryl methyl sites for hydroxylation is 1. The Morgan fingerprint density at radius 1 is 1.05 bits per heavy atom. The zero-order chi connectivity index (χ0) is 15.1. The second kappa shape index (κ2) is 5.54. The third-order valence-electron chi connectivity index (χ3n) is 3.14. The zero-order valence-corrected chi connectivity index (χ0v) is 14.0. The van der Waals surface area contributed by atoms with Crippen LogP contribution in [0.3, 0.4) is 0 Å². The molecule has 0 saturated heterocycles. The number of anilines is 1. The topological polar surface area (TPSA) is 43.8 Å². The maximum absolute atomic E-state index is 6.31. The normalized spacial score (nSPS) is 11.0. The molecule has 108 valence electrons. The first-order chi connectivity index (χ1) is 10.0. The van der Waals surface area contributed by atoms with E-state index >= 15 is 0 Å². The summed E-state index contributed by atoms with van der Waals surface area (Å²) in [4.78, 5) is 0.843. The SMILES string of the molecule is Cn1nc(-c2sccc2Cl)c(-c2c(Cl)cccc2Cl)c1N. The molecule has 0 spiro atoms. The van der Waals surface area contributed by atoms with Crippen molar-refractivity contribution in [2.45, 2.75) is 0 Å². The van der Waals surface area contributed by atoms with Crippen molar-refractivity contribution in [2.24, 2.45) is 7.05 Å². The van der Waals surface area contributed by atoms with Crippen LogP contribution in [0.25, 0.3) is 21.7 Å². The van der Waals surface area contributed by atoms with Crippen LogP contribution in [-0.4, -0.2) is 9.78 Å². The van der Waals surface area contributed by atoms with E-state index in [4.69, 9.17) is 40.5 Å². The summed E-state index contributed by atoms with van der Waals surface area (Å²) < 4.78 is 1.60. The number of thiophene rings is 1. The molecule has 2 N–H and O–H groups in total. The first-order valence-corrected chi connectivity index (χ1v) is 8.02. The van der Waals surface area contributed by atoms with Gasteiger partial charge < -0.3 is 5.73 Å².